The van der Waals surface area contributed by atoms with Crippen molar-refractivity contribution >= 4 is 11.9 Å². The van der Waals surface area contributed by atoms with Gasteiger partial charge in [0.25, 0.3) is 0 Å². The van der Waals surface area contributed by atoms with Crippen LogP contribution in [0.5, 0.6) is 0 Å². The quantitative estimate of drug-likeness (QED) is 0.337. The molecule has 0 aliphatic heterocycles. The molecule has 1 nitrogen and oxygen atoms in total. The van der Waals surface area contributed by atoms with Gasteiger partial charge in [-0.15, -0.1) is 0 Å². The van der Waals surface area contributed by atoms with Crippen LogP contribution in [-0.4, -0.2) is 6.29 Å². The number of allylic oxidation sites excluding steroid dienone is 5. The Labute approximate surface area is 195 Å². The highest BCUT2D eigenvalue weighted by Crippen LogP contribution is 2.26. The van der Waals surface area contributed by atoms with Crippen molar-refractivity contribution in [1.29, 1.82) is 0 Å². The molecule has 1 heteroatoms. The average Bonchev–Trinajstić information content (AvgIpc) is 2.69. The van der Waals surface area contributed by atoms with E-state index in [0.717, 1.165) is 23.8 Å². The second kappa shape index (κ2) is 17.8. The van der Waals surface area contributed by atoms with Crippen LogP contribution < -0.4 is 0 Å². The van der Waals surface area contributed by atoms with E-state index in [0.29, 0.717) is 5.56 Å². The summed E-state index contributed by atoms with van der Waals surface area (Å²) in [4.78, 5) is 11.3. The second-order valence-corrected chi connectivity index (χ2v) is 9.51. The van der Waals surface area contributed by atoms with Gasteiger partial charge in [-0.05, 0) is 53.0 Å². The molecule has 1 rings (SSSR count). The number of benzene rings is 1. The molecule has 0 spiro atoms. The van der Waals surface area contributed by atoms with Crippen molar-refractivity contribution in [1.82, 2.24) is 0 Å². The van der Waals surface area contributed by atoms with Crippen molar-refractivity contribution < 1.29 is 4.79 Å². The van der Waals surface area contributed by atoms with Crippen molar-refractivity contribution in [2.75, 3.05) is 0 Å². The smallest absolute Gasteiger partial charge is 0.150 e. The lowest BCUT2D eigenvalue weighted by Crippen LogP contribution is -2.09. The summed E-state index contributed by atoms with van der Waals surface area (Å²) in [5, 5.41) is 0. The van der Waals surface area contributed by atoms with Crippen LogP contribution in [0.2, 0.25) is 0 Å². The molecular weight excluding hydrogens is 376 g/mol. The zero-order valence-electron chi connectivity index (χ0n) is 23.1. The van der Waals surface area contributed by atoms with E-state index in [1.165, 1.54) is 17.6 Å². The van der Waals surface area contributed by atoms with Crippen LogP contribution in [0.25, 0.3) is 5.57 Å². The Kier molecular flexibility index (Phi) is 19.3. The largest absolute Gasteiger partial charge is 0.298 e. The first kappa shape index (κ1) is 33.7. The molecule has 1 aromatic rings. The van der Waals surface area contributed by atoms with Crippen LogP contribution in [0.1, 0.15) is 118 Å². The normalized spacial score (nSPS) is 11.3. The molecule has 0 heterocycles. The van der Waals surface area contributed by atoms with Gasteiger partial charge in [-0.25, -0.2) is 0 Å². The number of carbonyl (C=O) groups is 1. The maximum Gasteiger partial charge on any atom is 0.150 e. The minimum absolute atomic E-state index is 0.170. The molecule has 0 unspecified atom stereocenters. The van der Waals surface area contributed by atoms with E-state index < -0.39 is 0 Å². The highest BCUT2D eigenvalue weighted by Gasteiger charge is 2.13. The molecule has 0 atom stereocenters. The fourth-order valence-electron chi connectivity index (χ4n) is 2.34. The SMILES string of the molecule is C=C(/C=C\C=C(/C)C(C)(C)C)c1cc(C=O)cc(CC(C)(C)C)c1.CC.CC.CCC. The van der Waals surface area contributed by atoms with Crippen molar-refractivity contribution in [2.45, 2.75) is 103 Å². The monoisotopic (exact) mass is 428 g/mol. The summed E-state index contributed by atoms with van der Waals surface area (Å²) < 4.78 is 0. The Balaban J connectivity index is -0.000000999. The molecule has 0 N–H and O–H groups in total. The zero-order chi connectivity index (χ0) is 25.3. The van der Waals surface area contributed by atoms with Gasteiger partial charge in [0, 0.05) is 5.56 Å². The summed E-state index contributed by atoms with van der Waals surface area (Å²) in [6.45, 7) is 31.8. The Morgan fingerprint density at radius 1 is 0.935 bits per heavy atom. The van der Waals surface area contributed by atoms with Crippen LogP contribution in [0.3, 0.4) is 0 Å². The van der Waals surface area contributed by atoms with Gasteiger partial charge in [-0.2, -0.15) is 0 Å². The topological polar surface area (TPSA) is 17.1 Å². The number of rotatable bonds is 5. The van der Waals surface area contributed by atoms with Gasteiger partial charge in [0.05, 0.1) is 0 Å². The van der Waals surface area contributed by atoms with Gasteiger partial charge in [0.15, 0.2) is 0 Å². The van der Waals surface area contributed by atoms with E-state index in [1.54, 1.807) is 0 Å². The molecule has 0 fully saturated rings. The van der Waals surface area contributed by atoms with E-state index in [9.17, 15) is 4.79 Å². The van der Waals surface area contributed by atoms with E-state index in [2.05, 4.69) is 81.0 Å². The molecule has 0 aliphatic carbocycles. The summed E-state index contributed by atoms with van der Waals surface area (Å²) in [6.07, 6.45) is 9.28. The van der Waals surface area contributed by atoms with Crippen molar-refractivity contribution in [3.63, 3.8) is 0 Å². The predicted octanol–water partition coefficient (Wildman–Crippen LogP) is 10.1. The fourth-order valence-corrected chi connectivity index (χ4v) is 2.34. The lowest BCUT2D eigenvalue weighted by atomic mass is 9.86. The third-order valence-electron chi connectivity index (χ3n) is 4.08. The van der Waals surface area contributed by atoms with Gasteiger partial charge in [0.2, 0.25) is 0 Å². The molecular formula is C30H52O. The first-order chi connectivity index (χ1) is 14.3. The van der Waals surface area contributed by atoms with E-state index in [-0.39, 0.29) is 10.8 Å². The summed E-state index contributed by atoms with van der Waals surface area (Å²) in [5.41, 5.74) is 5.50. The van der Waals surface area contributed by atoms with Crippen LogP contribution in [0.4, 0.5) is 0 Å². The Morgan fingerprint density at radius 2 is 1.42 bits per heavy atom. The van der Waals surface area contributed by atoms with Crippen molar-refractivity contribution in [2.24, 2.45) is 10.8 Å². The number of hydrogen-bond donors (Lipinski definition) is 0. The van der Waals surface area contributed by atoms with E-state index in [4.69, 9.17) is 0 Å². The molecule has 1 aromatic carbocycles. The molecule has 178 valence electrons. The first-order valence-electron chi connectivity index (χ1n) is 12.0. The zero-order valence-corrected chi connectivity index (χ0v) is 23.1. The first-order valence-corrected chi connectivity index (χ1v) is 12.0. The van der Waals surface area contributed by atoms with E-state index >= 15 is 0 Å². The second-order valence-electron chi connectivity index (χ2n) is 9.51. The molecule has 0 radical (unpaired) electrons. The lowest BCUT2D eigenvalue weighted by Gasteiger charge is -2.19. The van der Waals surface area contributed by atoms with E-state index in [1.807, 2.05) is 52.0 Å². The van der Waals surface area contributed by atoms with Crippen LogP contribution >= 0.6 is 0 Å². The van der Waals surface area contributed by atoms with Crippen LogP contribution in [-0.2, 0) is 6.42 Å². The molecule has 31 heavy (non-hydrogen) atoms. The average molecular weight is 429 g/mol. The van der Waals surface area contributed by atoms with Gasteiger partial charge in [0.1, 0.15) is 6.29 Å². The van der Waals surface area contributed by atoms with Crippen LogP contribution in [0, 0.1) is 10.8 Å². The highest BCUT2D eigenvalue weighted by molar-refractivity contribution is 5.80. The van der Waals surface area contributed by atoms with Gasteiger partial charge < -0.3 is 0 Å². The molecule has 0 amide bonds. The predicted molar refractivity (Wildman–Crippen MR) is 145 cm³/mol. The van der Waals surface area contributed by atoms with Gasteiger partial charge in [-0.3, -0.25) is 4.79 Å². The standard InChI is InChI=1S/C23H32O.C3H8.2C2H6/c1-17(10-9-11-18(2)23(6,7)8)21-13-19(15-22(3,4)5)12-20(14-21)16-24;1-3-2;2*1-2/h9-14,16H,1,15H2,2-8H3;3H2,1-2H3;2*1-2H3/b10-9-,18-11+;;;. The lowest BCUT2D eigenvalue weighted by molar-refractivity contribution is 0.112. The minimum atomic E-state index is 0.170. The minimum Gasteiger partial charge on any atom is -0.298 e. The van der Waals surface area contributed by atoms with Crippen LogP contribution in [0.15, 0.2) is 48.6 Å². The third-order valence-corrected chi connectivity index (χ3v) is 4.08. The Hall–Kier alpha value is -1.89. The summed E-state index contributed by atoms with van der Waals surface area (Å²) >= 11 is 0. The molecule has 0 bridgehead atoms. The summed E-state index contributed by atoms with van der Waals surface area (Å²) in [6, 6.07) is 6.03. The van der Waals surface area contributed by atoms with Gasteiger partial charge in [-0.1, -0.05) is 126 Å². The van der Waals surface area contributed by atoms with Crippen molar-refractivity contribution in [3.05, 3.63) is 65.3 Å². The Morgan fingerprint density at radius 3 is 1.81 bits per heavy atom. The summed E-state index contributed by atoms with van der Waals surface area (Å²) in [7, 11) is 0. The molecule has 0 aliphatic rings. The maximum absolute atomic E-state index is 11.3. The highest BCUT2D eigenvalue weighted by atomic mass is 16.1. The summed E-state index contributed by atoms with van der Waals surface area (Å²) in [5.74, 6) is 0. The molecule has 0 aromatic heterocycles. The maximum atomic E-state index is 11.3. The fraction of sp³-hybridized carbons (Fsp3) is 0.567. The Bertz CT molecular complexity index is 673. The third kappa shape index (κ3) is 17.5. The van der Waals surface area contributed by atoms with Crippen molar-refractivity contribution in [3.8, 4) is 0 Å². The molecule has 0 saturated heterocycles. The number of aldehydes is 1. The number of hydrogen-bond acceptors (Lipinski definition) is 1. The molecule has 0 saturated carbocycles. The van der Waals surface area contributed by atoms with Gasteiger partial charge >= 0.3 is 0 Å². The number of carbonyl (C=O) groups excluding carboxylic acids is 1.